The van der Waals surface area contributed by atoms with Crippen LogP contribution >= 0.6 is 15.9 Å². The van der Waals surface area contributed by atoms with Gasteiger partial charge in [-0.1, -0.05) is 34.1 Å². The number of aryl methyl sites for hydroxylation is 2. The Morgan fingerprint density at radius 2 is 2.00 bits per heavy atom. The van der Waals surface area contributed by atoms with Crippen molar-refractivity contribution in [3.05, 3.63) is 64.3 Å². The normalized spacial score (nSPS) is 13.6. The third-order valence-corrected chi connectivity index (χ3v) is 5.15. The number of amides is 2. The Morgan fingerprint density at radius 3 is 2.85 bits per heavy atom. The number of halogens is 1. The number of fused-ring (bicyclic) bond motifs is 2. The first-order chi connectivity index (χ1) is 13.0. The average Bonchev–Trinajstić information content (AvgIpc) is 2.64. The Morgan fingerprint density at radius 1 is 1.19 bits per heavy atom. The molecule has 0 saturated heterocycles. The fraction of sp³-hybridized carbons (Fsp3) is 0.190. The number of hydrogen-bond acceptors (Lipinski definition) is 3. The summed E-state index contributed by atoms with van der Waals surface area (Å²) in [5, 5.41) is 3.83. The van der Waals surface area contributed by atoms with Crippen LogP contribution in [0.5, 0.6) is 0 Å². The number of benzene rings is 2. The summed E-state index contributed by atoms with van der Waals surface area (Å²) < 4.78 is 0.971. The topological polar surface area (TPSA) is 62.3 Å². The van der Waals surface area contributed by atoms with Crippen molar-refractivity contribution in [1.82, 2.24) is 4.98 Å². The van der Waals surface area contributed by atoms with Crippen LogP contribution in [-0.2, 0) is 16.0 Å². The van der Waals surface area contributed by atoms with Gasteiger partial charge in [-0.25, -0.2) is 0 Å². The average molecular weight is 424 g/mol. The first-order valence-electron chi connectivity index (χ1n) is 8.76. The van der Waals surface area contributed by atoms with E-state index in [4.69, 9.17) is 0 Å². The maximum absolute atomic E-state index is 12.7. The van der Waals surface area contributed by atoms with Gasteiger partial charge in [-0.05, 0) is 49.2 Å². The van der Waals surface area contributed by atoms with Gasteiger partial charge < -0.3 is 10.2 Å². The molecular formula is C21H18BrN3O2. The van der Waals surface area contributed by atoms with Crippen LogP contribution in [0.2, 0.25) is 0 Å². The molecule has 2 heterocycles. The van der Waals surface area contributed by atoms with Crippen molar-refractivity contribution < 1.29 is 9.59 Å². The number of carbonyl (C=O) groups excluding carboxylic acids is 2. The summed E-state index contributed by atoms with van der Waals surface area (Å²) in [6, 6.07) is 15.3. The number of pyridine rings is 1. The van der Waals surface area contributed by atoms with Gasteiger partial charge in [-0.2, -0.15) is 0 Å². The fourth-order valence-corrected chi connectivity index (χ4v) is 3.85. The number of rotatable bonds is 3. The number of nitrogens with one attached hydrogen (secondary N) is 1. The van der Waals surface area contributed by atoms with E-state index in [2.05, 4.69) is 26.2 Å². The van der Waals surface area contributed by atoms with E-state index in [0.717, 1.165) is 32.3 Å². The van der Waals surface area contributed by atoms with Gasteiger partial charge in [-0.3, -0.25) is 14.6 Å². The van der Waals surface area contributed by atoms with Crippen LogP contribution in [0.1, 0.15) is 17.7 Å². The molecule has 27 heavy (non-hydrogen) atoms. The monoisotopic (exact) mass is 423 g/mol. The summed E-state index contributed by atoms with van der Waals surface area (Å²) in [5.74, 6) is -0.259. The smallest absolute Gasteiger partial charge is 0.244 e. The first kappa shape index (κ1) is 17.7. The molecule has 1 aromatic heterocycles. The van der Waals surface area contributed by atoms with Gasteiger partial charge in [0.15, 0.2) is 0 Å². The zero-order chi connectivity index (χ0) is 19.0. The molecule has 0 bridgehead atoms. The number of aromatic nitrogens is 1. The van der Waals surface area contributed by atoms with Crippen molar-refractivity contribution in [2.24, 2.45) is 0 Å². The molecule has 1 aliphatic heterocycles. The molecule has 3 aromatic rings. The standard InChI is InChI=1S/C21H18BrN3O2/c1-13-10-18(16-4-2-3-5-17(16)23-13)24-20(26)12-25-19-8-7-15(22)11-14(19)6-9-21(25)27/h2-5,7-8,10-11H,6,9,12H2,1H3,(H,23,24,26). The minimum absolute atomic E-state index is 0.0108. The molecule has 4 rings (SSSR count). The lowest BCUT2D eigenvalue weighted by Gasteiger charge is -2.29. The molecule has 0 radical (unpaired) electrons. The zero-order valence-electron chi connectivity index (χ0n) is 14.8. The van der Waals surface area contributed by atoms with Crippen LogP contribution in [-0.4, -0.2) is 23.3 Å². The number of hydrogen-bond donors (Lipinski definition) is 1. The highest BCUT2D eigenvalue weighted by atomic mass is 79.9. The van der Waals surface area contributed by atoms with E-state index >= 15 is 0 Å². The molecule has 1 N–H and O–H groups in total. The molecule has 0 spiro atoms. The highest BCUT2D eigenvalue weighted by Crippen LogP contribution is 2.30. The molecule has 0 unspecified atom stereocenters. The Labute approximate surface area is 165 Å². The van der Waals surface area contributed by atoms with E-state index < -0.39 is 0 Å². The van der Waals surface area contributed by atoms with Crippen LogP contribution in [0.15, 0.2) is 53.0 Å². The molecule has 1 aliphatic rings. The number of carbonyl (C=O) groups is 2. The van der Waals surface area contributed by atoms with E-state index in [0.29, 0.717) is 18.5 Å². The lowest BCUT2D eigenvalue weighted by molar-refractivity contribution is -0.121. The predicted octanol–water partition coefficient (Wildman–Crippen LogP) is 4.22. The Balaban J connectivity index is 1.60. The lowest BCUT2D eigenvalue weighted by atomic mass is 10.0. The highest BCUT2D eigenvalue weighted by molar-refractivity contribution is 9.10. The summed E-state index contributed by atoms with van der Waals surface area (Å²) in [4.78, 5) is 31.2. The molecule has 0 saturated carbocycles. The van der Waals surface area contributed by atoms with Crippen LogP contribution in [0.25, 0.3) is 10.9 Å². The SMILES string of the molecule is Cc1cc(NC(=O)CN2C(=O)CCc3cc(Br)ccc32)c2ccccc2n1. The predicted molar refractivity (Wildman–Crippen MR) is 110 cm³/mol. The Kier molecular flexibility index (Phi) is 4.66. The summed E-state index contributed by atoms with van der Waals surface area (Å²) in [7, 11) is 0. The quantitative estimate of drug-likeness (QED) is 0.685. The minimum Gasteiger partial charge on any atom is -0.324 e. The van der Waals surface area contributed by atoms with Crippen LogP contribution in [0.3, 0.4) is 0 Å². The summed E-state index contributed by atoms with van der Waals surface area (Å²) in [6.45, 7) is 1.88. The van der Waals surface area contributed by atoms with Gasteiger partial charge in [0.05, 0.1) is 11.2 Å². The van der Waals surface area contributed by atoms with Crippen molar-refractivity contribution in [3.63, 3.8) is 0 Å². The van der Waals surface area contributed by atoms with Gasteiger partial charge in [-0.15, -0.1) is 0 Å². The second kappa shape index (κ2) is 7.12. The Hall–Kier alpha value is -2.73. The van der Waals surface area contributed by atoms with E-state index in [1.807, 2.05) is 55.5 Å². The molecule has 136 valence electrons. The molecule has 6 heteroatoms. The number of anilines is 2. The maximum Gasteiger partial charge on any atom is 0.244 e. The van der Waals surface area contributed by atoms with Crippen molar-refractivity contribution in [2.45, 2.75) is 19.8 Å². The minimum atomic E-state index is -0.227. The van der Waals surface area contributed by atoms with Crippen LogP contribution < -0.4 is 10.2 Å². The van der Waals surface area contributed by atoms with Gasteiger partial charge in [0.2, 0.25) is 11.8 Å². The molecule has 2 aromatic carbocycles. The van der Waals surface area contributed by atoms with Crippen LogP contribution in [0.4, 0.5) is 11.4 Å². The zero-order valence-corrected chi connectivity index (χ0v) is 16.4. The molecule has 0 fully saturated rings. The highest BCUT2D eigenvalue weighted by Gasteiger charge is 2.26. The van der Waals surface area contributed by atoms with Crippen molar-refractivity contribution in [3.8, 4) is 0 Å². The van der Waals surface area contributed by atoms with E-state index in [-0.39, 0.29) is 18.4 Å². The van der Waals surface area contributed by atoms with E-state index in [1.54, 1.807) is 4.90 Å². The maximum atomic E-state index is 12.7. The second-order valence-electron chi connectivity index (χ2n) is 6.63. The van der Waals surface area contributed by atoms with Crippen molar-refractivity contribution in [1.29, 1.82) is 0 Å². The van der Waals surface area contributed by atoms with E-state index in [1.165, 1.54) is 0 Å². The largest absolute Gasteiger partial charge is 0.324 e. The third kappa shape index (κ3) is 3.57. The van der Waals surface area contributed by atoms with Crippen LogP contribution in [0, 0.1) is 6.92 Å². The molecule has 0 aliphatic carbocycles. The third-order valence-electron chi connectivity index (χ3n) is 4.66. The van der Waals surface area contributed by atoms with E-state index in [9.17, 15) is 9.59 Å². The summed E-state index contributed by atoms with van der Waals surface area (Å²) in [5.41, 5.74) is 4.25. The van der Waals surface area contributed by atoms with Gasteiger partial charge in [0, 0.05) is 27.7 Å². The van der Waals surface area contributed by atoms with Gasteiger partial charge in [0.1, 0.15) is 6.54 Å². The summed E-state index contributed by atoms with van der Waals surface area (Å²) >= 11 is 3.46. The molecular weight excluding hydrogens is 406 g/mol. The first-order valence-corrected chi connectivity index (χ1v) is 9.55. The fourth-order valence-electron chi connectivity index (χ4n) is 3.45. The van der Waals surface area contributed by atoms with Gasteiger partial charge in [0.25, 0.3) is 0 Å². The number of nitrogens with zero attached hydrogens (tertiary/aromatic N) is 2. The van der Waals surface area contributed by atoms with Gasteiger partial charge >= 0.3 is 0 Å². The molecule has 2 amide bonds. The molecule has 0 atom stereocenters. The summed E-state index contributed by atoms with van der Waals surface area (Å²) in [6.07, 6.45) is 1.11. The van der Waals surface area contributed by atoms with Crippen molar-refractivity contribution >= 4 is 50.0 Å². The number of para-hydroxylation sites is 1. The Bertz CT molecular complexity index is 1060. The lowest BCUT2D eigenvalue weighted by Crippen LogP contribution is -2.40. The molecule has 5 nitrogen and oxygen atoms in total. The van der Waals surface area contributed by atoms with Crippen molar-refractivity contribution in [2.75, 3.05) is 16.8 Å². The second-order valence-corrected chi connectivity index (χ2v) is 7.55.